The summed E-state index contributed by atoms with van der Waals surface area (Å²) in [6, 6.07) is 7.39. The quantitative estimate of drug-likeness (QED) is 0.766. The maximum absolute atomic E-state index is 12.1. The van der Waals surface area contributed by atoms with Crippen molar-refractivity contribution in [3.63, 3.8) is 0 Å². The molecule has 5 heteroatoms. The van der Waals surface area contributed by atoms with Crippen molar-refractivity contribution in [2.75, 3.05) is 19.6 Å². The van der Waals surface area contributed by atoms with Gasteiger partial charge in [0.15, 0.2) is 0 Å². The minimum absolute atomic E-state index is 0.217. The Morgan fingerprint density at radius 3 is 3.11 bits per heavy atom. The van der Waals surface area contributed by atoms with E-state index in [-0.39, 0.29) is 12.5 Å². The molecule has 19 heavy (non-hydrogen) atoms. The minimum Gasteiger partial charge on any atom is -0.463 e. The van der Waals surface area contributed by atoms with Gasteiger partial charge in [-0.05, 0) is 19.0 Å². The van der Waals surface area contributed by atoms with Crippen molar-refractivity contribution in [2.45, 2.75) is 12.0 Å². The fourth-order valence-corrected chi connectivity index (χ4v) is 2.38. The van der Waals surface area contributed by atoms with Gasteiger partial charge in [-0.1, -0.05) is 18.2 Å². The number of para-hydroxylation sites is 1. The number of furan rings is 1. The van der Waals surface area contributed by atoms with E-state index in [1.807, 2.05) is 24.3 Å². The lowest BCUT2D eigenvalue weighted by atomic mass is 10.0. The first-order valence-electron chi connectivity index (χ1n) is 6.35. The van der Waals surface area contributed by atoms with Gasteiger partial charge in [0.25, 0.3) is 5.91 Å². The Balaban J connectivity index is 1.73. The molecule has 0 aliphatic carbocycles. The SMILES string of the molecule is O=C(NCC1(O)CCNC1)c1coc2ccccc12. The van der Waals surface area contributed by atoms with Gasteiger partial charge in [0.05, 0.1) is 11.2 Å². The molecule has 1 aromatic carbocycles. The van der Waals surface area contributed by atoms with E-state index in [1.54, 1.807) is 0 Å². The number of amides is 1. The van der Waals surface area contributed by atoms with Gasteiger partial charge in [-0.3, -0.25) is 4.79 Å². The molecule has 1 aromatic heterocycles. The molecule has 3 N–H and O–H groups in total. The second-order valence-corrected chi connectivity index (χ2v) is 4.98. The van der Waals surface area contributed by atoms with Crippen molar-refractivity contribution in [1.82, 2.24) is 10.6 Å². The maximum Gasteiger partial charge on any atom is 0.255 e. The summed E-state index contributed by atoms with van der Waals surface area (Å²) >= 11 is 0. The van der Waals surface area contributed by atoms with Gasteiger partial charge in [0.1, 0.15) is 11.8 Å². The lowest BCUT2D eigenvalue weighted by molar-refractivity contribution is 0.0562. The van der Waals surface area contributed by atoms with E-state index < -0.39 is 5.60 Å². The number of nitrogens with one attached hydrogen (secondary N) is 2. The number of hydrogen-bond acceptors (Lipinski definition) is 4. The molecule has 3 rings (SSSR count). The number of β-amino-alcohol motifs (C(OH)–C–C–N with tert-alkyl or cyclic N) is 1. The van der Waals surface area contributed by atoms with E-state index in [0.29, 0.717) is 24.1 Å². The summed E-state index contributed by atoms with van der Waals surface area (Å²) in [6.45, 7) is 1.54. The van der Waals surface area contributed by atoms with Gasteiger partial charge in [-0.25, -0.2) is 0 Å². The predicted molar refractivity (Wildman–Crippen MR) is 71.0 cm³/mol. The van der Waals surface area contributed by atoms with E-state index in [9.17, 15) is 9.90 Å². The first-order chi connectivity index (χ1) is 9.18. The molecule has 0 spiro atoms. The van der Waals surface area contributed by atoms with Gasteiger partial charge in [0, 0.05) is 18.5 Å². The summed E-state index contributed by atoms with van der Waals surface area (Å²) in [5, 5.41) is 16.8. The second kappa shape index (κ2) is 4.68. The number of aliphatic hydroxyl groups is 1. The van der Waals surface area contributed by atoms with Gasteiger partial charge in [0.2, 0.25) is 0 Å². The molecule has 1 amide bonds. The molecular formula is C14H16N2O3. The highest BCUT2D eigenvalue weighted by atomic mass is 16.3. The van der Waals surface area contributed by atoms with E-state index in [2.05, 4.69) is 10.6 Å². The van der Waals surface area contributed by atoms with Gasteiger partial charge in [-0.15, -0.1) is 0 Å². The molecule has 0 bridgehead atoms. The molecular weight excluding hydrogens is 244 g/mol. The van der Waals surface area contributed by atoms with E-state index in [0.717, 1.165) is 11.9 Å². The summed E-state index contributed by atoms with van der Waals surface area (Å²) in [7, 11) is 0. The molecule has 100 valence electrons. The first kappa shape index (κ1) is 12.2. The Labute approximate surface area is 110 Å². The topological polar surface area (TPSA) is 74.5 Å². The molecule has 0 saturated carbocycles. The molecule has 1 aliphatic heterocycles. The van der Waals surface area contributed by atoms with Crippen LogP contribution in [0.2, 0.25) is 0 Å². The number of fused-ring (bicyclic) bond motifs is 1. The summed E-state index contributed by atoms with van der Waals surface area (Å²) in [5.74, 6) is -0.217. The molecule has 1 saturated heterocycles. The summed E-state index contributed by atoms with van der Waals surface area (Å²) < 4.78 is 5.33. The third kappa shape index (κ3) is 2.34. The average molecular weight is 260 g/mol. The van der Waals surface area contributed by atoms with Crippen LogP contribution in [0.1, 0.15) is 16.8 Å². The zero-order valence-corrected chi connectivity index (χ0v) is 10.5. The highest BCUT2D eigenvalue weighted by Gasteiger charge is 2.31. The van der Waals surface area contributed by atoms with Crippen LogP contribution >= 0.6 is 0 Å². The predicted octanol–water partition coefficient (Wildman–Crippen LogP) is 0.887. The highest BCUT2D eigenvalue weighted by Crippen LogP contribution is 2.21. The van der Waals surface area contributed by atoms with E-state index in [4.69, 9.17) is 4.42 Å². The normalized spacial score (nSPS) is 22.8. The molecule has 5 nitrogen and oxygen atoms in total. The van der Waals surface area contributed by atoms with Gasteiger partial charge >= 0.3 is 0 Å². The van der Waals surface area contributed by atoms with Crippen LogP contribution in [0.15, 0.2) is 34.9 Å². The Kier molecular flexibility index (Phi) is 3.00. The zero-order chi connectivity index (χ0) is 13.3. The number of benzene rings is 1. The van der Waals surface area contributed by atoms with Gasteiger partial charge in [-0.2, -0.15) is 0 Å². The molecule has 1 unspecified atom stereocenters. The highest BCUT2D eigenvalue weighted by molar-refractivity contribution is 6.05. The van der Waals surface area contributed by atoms with Crippen molar-refractivity contribution >= 4 is 16.9 Å². The lowest BCUT2D eigenvalue weighted by Crippen LogP contribution is -2.44. The summed E-state index contributed by atoms with van der Waals surface area (Å²) in [4.78, 5) is 12.1. The summed E-state index contributed by atoms with van der Waals surface area (Å²) in [5.41, 5.74) is 0.355. The fraction of sp³-hybridized carbons (Fsp3) is 0.357. The van der Waals surface area contributed by atoms with E-state index >= 15 is 0 Å². The van der Waals surface area contributed by atoms with Crippen LogP contribution < -0.4 is 10.6 Å². The minimum atomic E-state index is -0.838. The van der Waals surface area contributed by atoms with Crippen LogP contribution in [0.25, 0.3) is 11.0 Å². The lowest BCUT2D eigenvalue weighted by Gasteiger charge is -2.21. The second-order valence-electron chi connectivity index (χ2n) is 4.98. The monoisotopic (exact) mass is 260 g/mol. The molecule has 1 aliphatic rings. The van der Waals surface area contributed by atoms with Crippen LogP contribution in [0, 0.1) is 0 Å². The van der Waals surface area contributed by atoms with Crippen LogP contribution in [-0.2, 0) is 0 Å². The maximum atomic E-state index is 12.1. The standard InChI is InChI=1S/C14H16N2O3/c17-13(16-9-14(18)5-6-15-8-14)11-7-19-12-4-2-1-3-10(11)12/h1-4,7,15,18H,5-6,8-9H2,(H,16,17). The Morgan fingerprint density at radius 2 is 2.32 bits per heavy atom. The Morgan fingerprint density at radius 1 is 1.47 bits per heavy atom. The Hall–Kier alpha value is -1.85. The number of rotatable bonds is 3. The zero-order valence-electron chi connectivity index (χ0n) is 10.5. The molecule has 2 heterocycles. The van der Waals surface area contributed by atoms with Crippen molar-refractivity contribution in [3.05, 3.63) is 36.1 Å². The van der Waals surface area contributed by atoms with Gasteiger partial charge < -0.3 is 20.2 Å². The van der Waals surface area contributed by atoms with Crippen molar-refractivity contribution in [3.8, 4) is 0 Å². The number of carbonyl (C=O) groups is 1. The summed E-state index contributed by atoms with van der Waals surface area (Å²) in [6.07, 6.45) is 2.11. The number of carbonyl (C=O) groups excluding carboxylic acids is 1. The average Bonchev–Trinajstić information content (AvgIpc) is 3.03. The number of hydrogen-bond donors (Lipinski definition) is 3. The van der Waals surface area contributed by atoms with Crippen molar-refractivity contribution in [1.29, 1.82) is 0 Å². The molecule has 1 fully saturated rings. The molecule has 0 radical (unpaired) electrons. The van der Waals surface area contributed by atoms with Crippen LogP contribution in [0.4, 0.5) is 0 Å². The smallest absolute Gasteiger partial charge is 0.255 e. The van der Waals surface area contributed by atoms with Crippen molar-refractivity contribution < 1.29 is 14.3 Å². The van der Waals surface area contributed by atoms with E-state index in [1.165, 1.54) is 6.26 Å². The fourth-order valence-electron chi connectivity index (χ4n) is 2.38. The van der Waals surface area contributed by atoms with Crippen LogP contribution in [-0.4, -0.2) is 36.2 Å². The third-order valence-electron chi connectivity index (χ3n) is 3.52. The molecule has 1 atom stereocenters. The Bertz CT molecular complexity index is 600. The van der Waals surface area contributed by atoms with Crippen LogP contribution in [0.3, 0.4) is 0 Å². The molecule has 2 aromatic rings. The largest absolute Gasteiger partial charge is 0.463 e. The first-order valence-corrected chi connectivity index (χ1v) is 6.35. The van der Waals surface area contributed by atoms with Crippen molar-refractivity contribution in [2.24, 2.45) is 0 Å². The third-order valence-corrected chi connectivity index (χ3v) is 3.52. The van der Waals surface area contributed by atoms with Crippen LogP contribution in [0.5, 0.6) is 0 Å².